The molecule has 0 bridgehead atoms. The highest BCUT2D eigenvalue weighted by Crippen LogP contribution is 2.31. The van der Waals surface area contributed by atoms with Gasteiger partial charge in [0.05, 0.1) is 12.0 Å². The van der Waals surface area contributed by atoms with Crippen molar-refractivity contribution in [2.24, 2.45) is 5.92 Å². The van der Waals surface area contributed by atoms with Crippen molar-refractivity contribution in [1.29, 1.82) is 0 Å². The molecule has 2 unspecified atom stereocenters. The van der Waals surface area contributed by atoms with Crippen LogP contribution >= 0.6 is 0 Å². The maximum atomic E-state index is 12.4. The molecule has 1 fully saturated rings. The fourth-order valence-corrected chi connectivity index (χ4v) is 3.30. The number of hydrogen-bond donors (Lipinski definition) is 1. The van der Waals surface area contributed by atoms with Crippen molar-refractivity contribution in [2.75, 3.05) is 13.1 Å². The third-order valence-corrected chi connectivity index (χ3v) is 4.49. The van der Waals surface area contributed by atoms with Gasteiger partial charge in [-0.2, -0.15) is 0 Å². The van der Waals surface area contributed by atoms with Gasteiger partial charge in [-0.3, -0.25) is 9.59 Å². The minimum absolute atomic E-state index is 0.0658. The van der Waals surface area contributed by atoms with Gasteiger partial charge in [0.15, 0.2) is 0 Å². The lowest BCUT2D eigenvalue weighted by Gasteiger charge is -2.18. The number of carbonyl (C=O) groups excluding carboxylic acids is 2. The standard InChI is InChI=1S/C17H20N2O2/c1-2-16(20)19-10-9-13(11-19)17(21)18-15-8-7-12-5-3-4-6-14(12)15/h2-6,13,15H,1,7-11H2,(H,18,21). The van der Waals surface area contributed by atoms with Crippen molar-refractivity contribution in [1.82, 2.24) is 10.2 Å². The summed E-state index contributed by atoms with van der Waals surface area (Å²) in [5.41, 5.74) is 2.57. The van der Waals surface area contributed by atoms with Crippen LogP contribution in [0.25, 0.3) is 0 Å². The molecule has 0 radical (unpaired) electrons. The SMILES string of the molecule is C=CC(=O)N1CCC(C(=O)NC2CCc3ccccc32)C1. The molecule has 2 aliphatic rings. The van der Waals surface area contributed by atoms with Gasteiger partial charge < -0.3 is 10.2 Å². The molecule has 4 heteroatoms. The fraction of sp³-hybridized carbons (Fsp3) is 0.412. The molecule has 1 heterocycles. The number of benzene rings is 1. The summed E-state index contributed by atoms with van der Waals surface area (Å²) in [5, 5.41) is 3.15. The molecule has 0 spiro atoms. The molecule has 2 amide bonds. The Morgan fingerprint density at radius 1 is 1.29 bits per heavy atom. The quantitative estimate of drug-likeness (QED) is 0.861. The maximum Gasteiger partial charge on any atom is 0.245 e. The van der Waals surface area contributed by atoms with Crippen molar-refractivity contribution < 1.29 is 9.59 Å². The number of hydrogen-bond acceptors (Lipinski definition) is 2. The number of aryl methyl sites for hydroxylation is 1. The van der Waals surface area contributed by atoms with Crippen molar-refractivity contribution in [3.8, 4) is 0 Å². The molecule has 1 aliphatic heterocycles. The third-order valence-electron chi connectivity index (χ3n) is 4.49. The minimum atomic E-state index is -0.0957. The molecule has 0 saturated carbocycles. The number of nitrogens with zero attached hydrogens (tertiary/aromatic N) is 1. The van der Waals surface area contributed by atoms with Gasteiger partial charge in [0.1, 0.15) is 0 Å². The Morgan fingerprint density at radius 2 is 2.10 bits per heavy atom. The number of fused-ring (bicyclic) bond motifs is 1. The molecular formula is C17H20N2O2. The third kappa shape index (κ3) is 2.71. The van der Waals surface area contributed by atoms with E-state index in [1.165, 1.54) is 17.2 Å². The van der Waals surface area contributed by atoms with E-state index in [9.17, 15) is 9.59 Å². The predicted molar refractivity (Wildman–Crippen MR) is 80.5 cm³/mol. The zero-order valence-electron chi connectivity index (χ0n) is 12.0. The van der Waals surface area contributed by atoms with Gasteiger partial charge >= 0.3 is 0 Å². The molecule has 1 aromatic carbocycles. The van der Waals surface area contributed by atoms with E-state index in [4.69, 9.17) is 0 Å². The number of rotatable bonds is 3. The lowest BCUT2D eigenvalue weighted by atomic mass is 10.1. The molecule has 0 aromatic heterocycles. The molecule has 1 N–H and O–H groups in total. The summed E-state index contributed by atoms with van der Waals surface area (Å²) in [6.45, 7) is 4.64. The molecule has 110 valence electrons. The first-order valence-electron chi connectivity index (χ1n) is 7.48. The molecule has 1 aromatic rings. The van der Waals surface area contributed by atoms with E-state index >= 15 is 0 Å². The van der Waals surface area contributed by atoms with Gasteiger partial charge in [0.2, 0.25) is 11.8 Å². The Labute approximate surface area is 124 Å². The second-order valence-corrected chi connectivity index (χ2v) is 5.77. The summed E-state index contributed by atoms with van der Waals surface area (Å²) < 4.78 is 0. The van der Waals surface area contributed by atoms with Crippen LogP contribution in [0.1, 0.15) is 30.0 Å². The normalized spacial score (nSPS) is 23.7. The maximum absolute atomic E-state index is 12.4. The Morgan fingerprint density at radius 3 is 2.90 bits per heavy atom. The van der Waals surface area contributed by atoms with Crippen molar-refractivity contribution in [3.05, 3.63) is 48.0 Å². The summed E-state index contributed by atoms with van der Waals surface area (Å²) in [6.07, 6.45) is 4.03. The van der Waals surface area contributed by atoms with Crippen molar-refractivity contribution in [2.45, 2.75) is 25.3 Å². The summed E-state index contributed by atoms with van der Waals surface area (Å²) in [7, 11) is 0. The average molecular weight is 284 g/mol. The fourth-order valence-electron chi connectivity index (χ4n) is 3.30. The zero-order chi connectivity index (χ0) is 14.8. The smallest absolute Gasteiger partial charge is 0.245 e. The first-order valence-corrected chi connectivity index (χ1v) is 7.48. The van der Waals surface area contributed by atoms with Gasteiger partial charge in [0.25, 0.3) is 0 Å². The first-order chi connectivity index (χ1) is 10.2. The van der Waals surface area contributed by atoms with Gasteiger partial charge in [0, 0.05) is 13.1 Å². The van der Waals surface area contributed by atoms with Crippen molar-refractivity contribution in [3.63, 3.8) is 0 Å². The minimum Gasteiger partial charge on any atom is -0.349 e. The molecule has 1 saturated heterocycles. The average Bonchev–Trinajstić information content (AvgIpc) is 3.14. The van der Waals surface area contributed by atoms with Crippen molar-refractivity contribution >= 4 is 11.8 Å². The molecule has 21 heavy (non-hydrogen) atoms. The Balaban J connectivity index is 1.61. The highest BCUT2D eigenvalue weighted by atomic mass is 16.2. The van der Waals surface area contributed by atoms with E-state index in [0.29, 0.717) is 13.1 Å². The van der Waals surface area contributed by atoms with E-state index in [0.717, 1.165) is 19.3 Å². The van der Waals surface area contributed by atoms with E-state index in [-0.39, 0.29) is 23.8 Å². The van der Waals surface area contributed by atoms with Crippen LogP contribution in [-0.2, 0) is 16.0 Å². The van der Waals surface area contributed by atoms with Crippen LogP contribution in [0.4, 0.5) is 0 Å². The lowest BCUT2D eigenvalue weighted by Crippen LogP contribution is -2.35. The summed E-state index contributed by atoms with van der Waals surface area (Å²) in [5.74, 6) is -0.116. The van der Waals surface area contributed by atoms with E-state index in [1.807, 2.05) is 12.1 Å². The topological polar surface area (TPSA) is 49.4 Å². The van der Waals surface area contributed by atoms with Crippen LogP contribution in [0.3, 0.4) is 0 Å². The number of likely N-dealkylation sites (tertiary alicyclic amines) is 1. The Bertz CT molecular complexity index is 582. The van der Waals surface area contributed by atoms with Crippen LogP contribution in [0.15, 0.2) is 36.9 Å². The molecule has 1 aliphatic carbocycles. The largest absolute Gasteiger partial charge is 0.349 e. The lowest BCUT2D eigenvalue weighted by molar-refractivity contribution is -0.127. The van der Waals surface area contributed by atoms with Crippen LogP contribution in [0, 0.1) is 5.92 Å². The molecular weight excluding hydrogens is 264 g/mol. The van der Waals surface area contributed by atoms with E-state index in [1.54, 1.807) is 4.90 Å². The summed E-state index contributed by atoms with van der Waals surface area (Å²) in [6, 6.07) is 8.40. The molecule has 3 rings (SSSR count). The predicted octanol–water partition coefficient (Wildman–Crippen LogP) is 1.82. The number of carbonyl (C=O) groups is 2. The molecule has 2 atom stereocenters. The van der Waals surface area contributed by atoms with Gasteiger partial charge in [-0.25, -0.2) is 0 Å². The molecule has 4 nitrogen and oxygen atoms in total. The zero-order valence-corrected chi connectivity index (χ0v) is 12.0. The van der Waals surface area contributed by atoms with E-state index in [2.05, 4.69) is 24.0 Å². The van der Waals surface area contributed by atoms with Gasteiger partial charge in [-0.15, -0.1) is 0 Å². The first kappa shape index (κ1) is 13.9. The summed E-state index contributed by atoms with van der Waals surface area (Å²) in [4.78, 5) is 25.7. The highest BCUT2D eigenvalue weighted by molar-refractivity contribution is 5.88. The Kier molecular flexibility index (Phi) is 3.78. The number of amides is 2. The number of nitrogens with one attached hydrogen (secondary N) is 1. The second-order valence-electron chi connectivity index (χ2n) is 5.77. The van der Waals surface area contributed by atoms with Crippen LogP contribution in [0.2, 0.25) is 0 Å². The highest BCUT2D eigenvalue weighted by Gasteiger charge is 2.32. The van der Waals surface area contributed by atoms with Gasteiger partial charge in [-0.05, 0) is 36.5 Å². The van der Waals surface area contributed by atoms with Crippen LogP contribution < -0.4 is 5.32 Å². The Hall–Kier alpha value is -2.10. The van der Waals surface area contributed by atoms with E-state index < -0.39 is 0 Å². The van der Waals surface area contributed by atoms with Crippen LogP contribution in [0.5, 0.6) is 0 Å². The van der Waals surface area contributed by atoms with Crippen LogP contribution in [-0.4, -0.2) is 29.8 Å². The summed E-state index contributed by atoms with van der Waals surface area (Å²) >= 11 is 0. The van der Waals surface area contributed by atoms with Gasteiger partial charge in [-0.1, -0.05) is 30.8 Å². The monoisotopic (exact) mass is 284 g/mol. The second kappa shape index (κ2) is 5.72.